The third-order valence-corrected chi connectivity index (χ3v) is 7.28. The Bertz CT molecular complexity index is 541. The molecule has 3 aliphatic rings. The maximum Gasteiger partial charge on any atom is 0.165 e. The quantitative estimate of drug-likeness (QED) is 0.434. The zero-order valence-corrected chi connectivity index (χ0v) is 16.2. The summed E-state index contributed by atoms with van der Waals surface area (Å²) < 4.78 is 18.9. The molecule has 3 fully saturated rings. The van der Waals surface area contributed by atoms with Gasteiger partial charge in [0.05, 0.1) is 7.11 Å². The van der Waals surface area contributed by atoms with Crippen LogP contribution in [0.15, 0.2) is 18.2 Å². The highest BCUT2D eigenvalue weighted by Crippen LogP contribution is 2.60. The molecule has 0 radical (unpaired) electrons. The van der Waals surface area contributed by atoms with Crippen LogP contribution >= 0.6 is 0 Å². The molecule has 0 amide bonds. The lowest BCUT2D eigenvalue weighted by Crippen LogP contribution is -2.41. The fourth-order valence-electron chi connectivity index (χ4n) is 5.29. The summed E-state index contributed by atoms with van der Waals surface area (Å²) in [6.45, 7) is 2.29. The number of aryl methyl sites for hydroxylation is 1. The van der Waals surface area contributed by atoms with Crippen LogP contribution in [0.4, 0.5) is 4.39 Å². The van der Waals surface area contributed by atoms with Gasteiger partial charge in [0.15, 0.2) is 11.6 Å². The van der Waals surface area contributed by atoms with Gasteiger partial charge in [0.1, 0.15) is 0 Å². The van der Waals surface area contributed by atoms with Crippen LogP contribution in [0.3, 0.4) is 0 Å². The van der Waals surface area contributed by atoms with Gasteiger partial charge in [-0.25, -0.2) is 4.39 Å². The second kappa shape index (κ2) is 8.10. The van der Waals surface area contributed by atoms with Gasteiger partial charge in [-0.15, -0.1) is 0 Å². The Hall–Kier alpha value is -1.05. The maximum absolute atomic E-state index is 13.9. The molecule has 140 valence electrons. The van der Waals surface area contributed by atoms with Gasteiger partial charge in [-0.3, -0.25) is 0 Å². The minimum absolute atomic E-state index is 0.226. The largest absolute Gasteiger partial charge is 0.494 e. The summed E-state index contributed by atoms with van der Waals surface area (Å²) in [4.78, 5) is 0. The van der Waals surface area contributed by atoms with E-state index in [0.717, 1.165) is 12.0 Å². The van der Waals surface area contributed by atoms with Crippen LogP contribution in [0.1, 0.15) is 89.5 Å². The molecule has 0 N–H and O–H groups in total. The van der Waals surface area contributed by atoms with Crippen molar-refractivity contribution in [2.24, 2.45) is 10.8 Å². The van der Waals surface area contributed by atoms with E-state index in [2.05, 4.69) is 6.92 Å². The van der Waals surface area contributed by atoms with E-state index in [0.29, 0.717) is 16.6 Å². The van der Waals surface area contributed by atoms with Gasteiger partial charge < -0.3 is 4.74 Å². The molecule has 0 atom stereocenters. The fourth-order valence-corrected chi connectivity index (χ4v) is 5.29. The van der Waals surface area contributed by atoms with Crippen molar-refractivity contribution in [3.63, 3.8) is 0 Å². The first-order valence-corrected chi connectivity index (χ1v) is 10.4. The normalized spacial score (nSPS) is 28.3. The Morgan fingerprint density at radius 3 is 2.12 bits per heavy atom. The molecule has 1 aromatic rings. The van der Waals surface area contributed by atoms with Crippen LogP contribution in [0, 0.1) is 16.6 Å². The first-order chi connectivity index (χ1) is 12.1. The molecule has 0 unspecified atom stereocenters. The number of rotatable bonds is 9. The van der Waals surface area contributed by atoms with E-state index in [1.165, 1.54) is 84.2 Å². The van der Waals surface area contributed by atoms with Crippen molar-refractivity contribution in [2.75, 3.05) is 7.11 Å². The van der Waals surface area contributed by atoms with Crippen LogP contribution in [0.25, 0.3) is 0 Å². The highest BCUT2D eigenvalue weighted by Gasteiger charge is 2.47. The summed E-state index contributed by atoms with van der Waals surface area (Å²) in [6.07, 6.45) is 17.8. The number of hydrogen-bond donors (Lipinski definition) is 0. The lowest BCUT2D eigenvalue weighted by Gasteiger charge is -2.54. The number of unbranched alkanes of at least 4 members (excludes halogenated alkanes) is 3. The number of fused-ring (bicyclic) bond motifs is 3. The van der Waals surface area contributed by atoms with Crippen LogP contribution in [-0.2, 0) is 6.42 Å². The summed E-state index contributed by atoms with van der Waals surface area (Å²) in [7, 11) is 1.52. The van der Waals surface area contributed by atoms with Crippen LogP contribution in [0.5, 0.6) is 5.75 Å². The number of methoxy groups -OCH3 is 1. The molecule has 1 nitrogen and oxygen atoms in total. The van der Waals surface area contributed by atoms with Gasteiger partial charge >= 0.3 is 0 Å². The van der Waals surface area contributed by atoms with Gasteiger partial charge in [0.2, 0.25) is 0 Å². The van der Waals surface area contributed by atoms with Crippen LogP contribution in [-0.4, -0.2) is 7.11 Å². The highest BCUT2D eigenvalue weighted by molar-refractivity contribution is 5.29. The van der Waals surface area contributed by atoms with E-state index in [1.54, 1.807) is 12.1 Å². The van der Waals surface area contributed by atoms with Gasteiger partial charge in [-0.05, 0) is 86.3 Å². The fraction of sp³-hybridized carbons (Fsp3) is 0.739. The minimum Gasteiger partial charge on any atom is -0.494 e. The van der Waals surface area contributed by atoms with Crippen molar-refractivity contribution in [1.29, 1.82) is 0 Å². The molecule has 3 saturated carbocycles. The van der Waals surface area contributed by atoms with E-state index < -0.39 is 0 Å². The summed E-state index contributed by atoms with van der Waals surface area (Å²) in [5.74, 6) is 0.126. The number of halogens is 1. The highest BCUT2D eigenvalue weighted by atomic mass is 19.1. The van der Waals surface area contributed by atoms with E-state index in [9.17, 15) is 4.39 Å². The molecule has 25 heavy (non-hydrogen) atoms. The van der Waals surface area contributed by atoms with Crippen molar-refractivity contribution >= 4 is 0 Å². The SMILES string of the molecule is CCCCCCC12CCC(CCc3ccc(OC)c(F)c3)(CC1)CC2. The molecular formula is C23H35FO. The van der Waals surface area contributed by atoms with Crippen molar-refractivity contribution in [3.8, 4) is 5.75 Å². The standard InChI is InChI=1S/C23H35FO/c1-3-4-5-6-10-22-12-15-23(16-13-22,17-14-22)11-9-19-7-8-21(25-2)20(24)18-19/h7-8,18H,3-6,9-17H2,1-2H3. The predicted molar refractivity (Wildman–Crippen MR) is 103 cm³/mol. The summed E-state index contributed by atoms with van der Waals surface area (Å²) >= 11 is 0. The van der Waals surface area contributed by atoms with Crippen molar-refractivity contribution in [3.05, 3.63) is 29.6 Å². The minimum atomic E-state index is -0.226. The summed E-state index contributed by atoms with van der Waals surface area (Å²) in [6, 6.07) is 5.47. The van der Waals surface area contributed by atoms with E-state index >= 15 is 0 Å². The second-order valence-electron chi connectivity index (χ2n) is 8.78. The third-order valence-electron chi connectivity index (χ3n) is 7.28. The average Bonchev–Trinajstić information content (AvgIpc) is 2.65. The molecule has 0 aliphatic heterocycles. The van der Waals surface area contributed by atoms with E-state index in [-0.39, 0.29) is 5.82 Å². The second-order valence-corrected chi connectivity index (χ2v) is 8.78. The first-order valence-electron chi connectivity index (χ1n) is 10.4. The van der Waals surface area contributed by atoms with Crippen molar-refractivity contribution in [2.45, 2.75) is 90.4 Å². The Kier molecular flexibility index (Phi) is 6.07. The van der Waals surface area contributed by atoms with Crippen LogP contribution in [0.2, 0.25) is 0 Å². The van der Waals surface area contributed by atoms with E-state index in [1.807, 2.05) is 6.07 Å². The summed E-state index contributed by atoms with van der Waals surface area (Å²) in [5, 5.41) is 0. The smallest absolute Gasteiger partial charge is 0.165 e. The molecule has 4 rings (SSSR count). The van der Waals surface area contributed by atoms with Gasteiger partial charge in [0.25, 0.3) is 0 Å². The van der Waals surface area contributed by atoms with Crippen LogP contribution < -0.4 is 4.74 Å². The first kappa shape index (κ1) is 18.7. The predicted octanol–water partition coefficient (Wildman–Crippen LogP) is 7.08. The maximum atomic E-state index is 13.9. The number of benzene rings is 1. The number of hydrogen-bond acceptors (Lipinski definition) is 1. The lowest BCUT2D eigenvalue weighted by atomic mass is 9.51. The Balaban J connectivity index is 1.50. The lowest BCUT2D eigenvalue weighted by molar-refractivity contribution is -0.0205. The molecule has 0 heterocycles. The number of ether oxygens (including phenoxy) is 1. The zero-order chi connectivity index (χ0) is 17.8. The molecule has 2 heteroatoms. The third kappa shape index (κ3) is 4.38. The molecule has 0 saturated heterocycles. The monoisotopic (exact) mass is 346 g/mol. The Labute approximate surface area is 153 Å². The topological polar surface area (TPSA) is 9.23 Å². The molecule has 0 aromatic heterocycles. The molecule has 3 aliphatic carbocycles. The zero-order valence-electron chi connectivity index (χ0n) is 16.2. The molecule has 0 spiro atoms. The molecule has 2 bridgehead atoms. The van der Waals surface area contributed by atoms with E-state index in [4.69, 9.17) is 4.74 Å². The van der Waals surface area contributed by atoms with Gasteiger partial charge in [0, 0.05) is 0 Å². The molecule has 1 aromatic carbocycles. The van der Waals surface area contributed by atoms with Crippen molar-refractivity contribution < 1.29 is 9.13 Å². The van der Waals surface area contributed by atoms with Gasteiger partial charge in [-0.1, -0.05) is 38.7 Å². The van der Waals surface area contributed by atoms with Gasteiger partial charge in [-0.2, -0.15) is 0 Å². The Morgan fingerprint density at radius 2 is 1.56 bits per heavy atom. The average molecular weight is 347 g/mol. The molecular weight excluding hydrogens is 311 g/mol. The van der Waals surface area contributed by atoms with Crippen molar-refractivity contribution in [1.82, 2.24) is 0 Å². The Morgan fingerprint density at radius 1 is 0.920 bits per heavy atom. The summed E-state index contributed by atoms with van der Waals surface area (Å²) in [5.41, 5.74) is 2.35.